The Morgan fingerprint density at radius 1 is 1.22 bits per heavy atom. The fourth-order valence-electron chi connectivity index (χ4n) is 3.95. The highest BCUT2D eigenvalue weighted by Crippen LogP contribution is 2.40. The Hall–Kier alpha value is -3.06. The first kappa shape index (κ1) is 22.1. The molecule has 6 nitrogen and oxygen atoms in total. The van der Waals surface area contributed by atoms with Crippen molar-refractivity contribution in [2.24, 2.45) is 0 Å². The number of aromatic nitrogens is 2. The second-order valence-electron chi connectivity index (χ2n) is 7.68. The maximum Gasteiger partial charge on any atom is 0.356 e. The lowest BCUT2D eigenvalue weighted by atomic mass is 10.1. The summed E-state index contributed by atoms with van der Waals surface area (Å²) in [4.78, 5) is 17.3. The van der Waals surface area contributed by atoms with Crippen LogP contribution in [0.15, 0.2) is 51.4 Å². The minimum absolute atomic E-state index is 0.325. The van der Waals surface area contributed by atoms with Crippen molar-refractivity contribution in [3.8, 4) is 11.3 Å². The minimum Gasteiger partial charge on any atom is -0.461 e. The Labute approximate surface area is 195 Å². The number of nitrogens with two attached hydrogens (primary N) is 1. The third kappa shape index (κ3) is 4.05. The highest BCUT2D eigenvalue weighted by atomic mass is 79.9. The van der Waals surface area contributed by atoms with Gasteiger partial charge in [0.25, 0.3) is 0 Å². The third-order valence-corrected chi connectivity index (χ3v) is 6.19. The first-order valence-corrected chi connectivity index (χ1v) is 11.5. The van der Waals surface area contributed by atoms with E-state index in [-0.39, 0.29) is 5.97 Å². The fraction of sp³-hybridized carbons (Fsp3) is 0.280. The zero-order valence-corrected chi connectivity index (χ0v) is 20.0. The first-order chi connectivity index (χ1) is 15.4. The summed E-state index contributed by atoms with van der Waals surface area (Å²) in [6.45, 7) is 6.60. The quantitative estimate of drug-likeness (QED) is 0.246. The fourth-order valence-corrected chi connectivity index (χ4v) is 4.55. The van der Waals surface area contributed by atoms with Crippen LogP contribution in [-0.2, 0) is 17.7 Å². The van der Waals surface area contributed by atoms with Gasteiger partial charge in [0.1, 0.15) is 11.4 Å². The minimum atomic E-state index is -0.340. The number of rotatable bonds is 7. The Kier molecular flexibility index (Phi) is 6.37. The van der Waals surface area contributed by atoms with Crippen molar-refractivity contribution >= 4 is 38.6 Å². The molecular formula is C25H26BrN3O3. The number of anilines is 1. The number of benzene rings is 2. The standard InChI is InChI=1S/C25H26BrN3O3/c1-4-8-21-28-15(3)23(25(30)31-5-2)29(21)14-16-11-12-20-18(13-16)22(26)24(32-20)17-9-6-7-10-19(17)27/h6-7,9-13H,4-5,8,14,27H2,1-3H3. The summed E-state index contributed by atoms with van der Waals surface area (Å²) in [5.74, 6) is 1.25. The highest BCUT2D eigenvalue weighted by molar-refractivity contribution is 9.10. The number of fused-ring (bicyclic) bond motifs is 1. The van der Waals surface area contributed by atoms with E-state index in [1.165, 1.54) is 0 Å². The van der Waals surface area contributed by atoms with Crippen LogP contribution in [0.25, 0.3) is 22.3 Å². The third-order valence-electron chi connectivity index (χ3n) is 5.40. The maximum absolute atomic E-state index is 12.6. The number of nitrogens with zero attached hydrogens (tertiary/aromatic N) is 2. The van der Waals surface area contributed by atoms with Gasteiger partial charge in [-0.05, 0) is 66.0 Å². The Morgan fingerprint density at radius 2 is 2.00 bits per heavy atom. The molecule has 4 aromatic rings. The Balaban J connectivity index is 1.76. The van der Waals surface area contributed by atoms with E-state index < -0.39 is 0 Å². The van der Waals surface area contributed by atoms with Crippen LogP contribution in [-0.4, -0.2) is 22.1 Å². The van der Waals surface area contributed by atoms with E-state index in [0.717, 1.165) is 45.2 Å². The first-order valence-electron chi connectivity index (χ1n) is 10.7. The average molecular weight is 496 g/mol. The van der Waals surface area contributed by atoms with Gasteiger partial charge in [0.05, 0.1) is 16.8 Å². The largest absolute Gasteiger partial charge is 0.461 e. The van der Waals surface area contributed by atoms with E-state index in [1.54, 1.807) is 0 Å². The number of para-hydroxylation sites is 1. The Bertz CT molecular complexity index is 1290. The van der Waals surface area contributed by atoms with Gasteiger partial charge in [-0.1, -0.05) is 25.1 Å². The number of nitrogen functional groups attached to an aromatic ring is 1. The van der Waals surface area contributed by atoms with E-state index in [1.807, 2.05) is 54.8 Å². The summed E-state index contributed by atoms with van der Waals surface area (Å²) in [5, 5.41) is 0.951. The molecule has 0 bridgehead atoms. The van der Waals surface area contributed by atoms with Gasteiger partial charge < -0.3 is 19.5 Å². The highest BCUT2D eigenvalue weighted by Gasteiger charge is 2.22. The lowest BCUT2D eigenvalue weighted by Gasteiger charge is -2.12. The average Bonchev–Trinajstić information content (AvgIpc) is 3.25. The molecule has 0 saturated heterocycles. The molecule has 2 heterocycles. The molecule has 0 saturated carbocycles. The van der Waals surface area contributed by atoms with Crippen molar-refractivity contribution in [1.82, 2.24) is 9.55 Å². The molecule has 4 rings (SSSR count). The molecule has 32 heavy (non-hydrogen) atoms. The molecule has 2 N–H and O–H groups in total. The predicted molar refractivity (Wildman–Crippen MR) is 130 cm³/mol. The van der Waals surface area contributed by atoms with Gasteiger partial charge in [-0.2, -0.15) is 0 Å². The molecule has 2 aromatic carbocycles. The van der Waals surface area contributed by atoms with Gasteiger partial charge in [-0.25, -0.2) is 9.78 Å². The molecule has 2 aromatic heterocycles. The number of hydrogen-bond acceptors (Lipinski definition) is 5. The van der Waals surface area contributed by atoms with Gasteiger partial charge in [-0.3, -0.25) is 0 Å². The number of hydrogen-bond donors (Lipinski definition) is 1. The molecule has 0 unspecified atom stereocenters. The number of carbonyl (C=O) groups is 1. The normalized spacial score (nSPS) is 11.2. The molecule has 0 aliphatic heterocycles. The SMILES string of the molecule is CCCc1nc(C)c(C(=O)OCC)n1Cc1ccc2oc(-c3ccccc3N)c(Br)c2c1. The smallest absolute Gasteiger partial charge is 0.356 e. The van der Waals surface area contributed by atoms with E-state index in [0.29, 0.717) is 36.0 Å². The summed E-state index contributed by atoms with van der Waals surface area (Å²) in [6, 6.07) is 13.7. The van der Waals surface area contributed by atoms with Gasteiger partial charge >= 0.3 is 5.97 Å². The number of furan rings is 1. The second kappa shape index (κ2) is 9.20. The van der Waals surface area contributed by atoms with Crippen molar-refractivity contribution in [3.05, 3.63) is 69.7 Å². The van der Waals surface area contributed by atoms with E-state index >= 15 is 0 Å². The van der Waals surface area contributed by atoms with E-state index in [4.69, 9.17) is 14.9 Å². The van der Waals surface area contributed by atoms with Crippen LogP contribution in [0.1, 0.15) is 47.8 Å². The van der Waals surface area contributed by atoms with Crippen molar-refractivity contribution < 1.29 is 13.9 Å². The van der Waals surface area contributed by atoms with Crippen molar-refractivity contribution in [1.29, 1.82) is 0 Å². The molecule has 166 valence electrons. The van der Waals surface area contributed by atoms with Crippen LogP contribution in [0.5, 0.6) is 0 Å². The molecule has 0 radical (unpaired) electrons. The molecule has 0 aliphatic carbocycles. The van der Waals surface area contributed by atoms with Gasteiger partial charge in [0, 0.05) is 29.6 Å². The second-order valence-corrected chi connectivity index (χ2v) is 8.47. The van der Waals surface area contributed by atoms with Crippen LogP contribution in [0.3, 0.4) is 0 Å². The number of carbonyl (C=O) groups excluding carboxylic acids is 1. The van der Waals surface area contributed by atoms with Crippen LogP contribution in [0.4, 0.5) is 5.69 Å². The lowest BCUT2D eigenvalue weighted by molar-refractivity contribution is 0.0513. The summed E-state index contributed by atoms with van der Waals surface area (Å²) < 4.78 is 14.2. The monoisotopic (exact) mass is 495 g/mol. The van der Waals surface area contributed by atoms with Gasteiger partial charge in [0.15, 0.2) is 11.5 Å². The molecule has 0 fully saturated rings. The maximum atomic E-state index is 12.6. The van der Waals surface area contributed by atoms with Crippen LogP contribution >= 0.6 is 15.9 Å². The molecular weight excluding hydrogens is 470 g/mol. The van der Waals surface area contributed by atoms with Gasteiger partial charge in [0.2, 0.25) is 0 Å². The zero-order valence-electron chi connectivity index (χ0n) is 18.4. The molecule has 0 atom stereocenters. The number of aryl methyl sites for hydroxylation is 2. The topological polar surface area (TPSA) is 83.3 Å². The molecule has 0 amide bonds. The van der Waals surface area contributed by atoms with E-state index in [9.17, 15) is 4.79 Å². The van der Waals surface area contributed by atoms with Crippen molar-refractivity contribution in [2.75, 3.05) is 12.3 Å². The molecule has 0 spiro atoms. The summed E-state index contributed by atoms with van der Waals surface area (Å²) in [7, 11) is 0. The number of halogens is 1. The van der Waals surface area contributed by atoms with Crippen molar-refractivity contribution in [2.45, 2.75) is 40.2 Å². The van der Waals surface area contributed by atoms with Gasteiger partial charge in [-0.15, -0.1) is 0 Å². The summed E-state index contributed by atoms with van der Waals surface area (Å²) in [5.41, 5.74) is 10.7. The van der Waals surface area contributed by atoms with E-state index in [2.05, 4.69) is 33.9 Å². The number of esters is 1. The number of imidazole rings is 1. The zero-order chi connectivity index (χ0) is 22.8. The molecule has 0 aliphatic rings. The summed E-state index contributed by atoms with van der Waals surface area (Å²) >= 11 is 3.70. The number of ether oxygens (including phenoxy) is 1. The Morgan fingerprint density at radius 3 is 2.72 bits per heavy atom. The van der Waals surface area contributed by atoms with Crippen LogP contribution in [0, 0.1) is 6.92 Å². The molecule has 7 heteroatoms. The summed E-state index contributed by atoms with van der Waals surface area (Å²) in [6.07, 6.45) is 1.72. The van der Waals surface area contributed by atoms with Crippen LogP contribution < -0.4 is 5.73 Å². The lowest BCUT2D eigenvalue weighted by Crippen LogP contribution is -2.16. The van der Waals surface area contributed by atoms with Crippen molar-refractivity contribution in [3.63, 3.8) is 0 Å². The van der Waals surface area contributed by atoms with Crippen LogP contribution in [0.2, 0.25) is 0 Å². The predicted octanol–water partition coefficient (Wildman–Crippen LogP) is 6.13.